The topological polar surface area (TPSA) is 76.1 Å². The summed E-state index contributed by atoms with van der Waals surface area (Å²) in [5.41, 5.74) is 0.0133. The standard InChI is InChI=1S/C12H18N4O2/c1-12(4-3-5-18-8-12)16-11(17)9-6-15-10(13-2)7-14-9/h6-7H,3-5,8H2,1-2H3,(H,13,15)(H,16,17). The van der Waals surface area contributed by atoms with Gasteiger partial charge in [-0.1, -0.05) is 0 Å². The van der Waals surface area contributed by atoms with Crippen LogP contribution in [-0.4, -0.2) is 41.7 Å². The van der Waals surface area contributed by atoms with Gasteiger partial charge in [0.1, 0.15) is 11.5 Å². The van der Waals surface area contributed by atoms with Gasteiger partial charge < -0.3 is 15.4 Å². The number of nitrogens with zero attached hydrogens (tertiary/aromatic N) is 2. The molecule has 1 unspecified atom stereocenters. The van der Waals surface area contributed by atoms with Crippen LogP contribution < -0.4 is 10.6 Å². The predicted molar refractivity (Wildman–Crippen MR) is 67.5 cm³/mol. The molecular formula is C12H18N4O2. The highest BCUT2D eigenvalue weighted by Gasteiger charge is 2.29. The minimum Gasteiger partial charge on any atom is -0.379 e. The summed E-state index contributed by atoms with van der Waals surface area (Å²) in [6.07, 6.45) is 4.88. The van der Waals surface area contributed by atoms with E-state index in [0.717, 1.165) is 19.4 Å². The molecule has 0 bridgehead atoms. The van der Waals surface area contributed by atoms with Crippen LogP contribution in [0.15, 0.2) is 12.4 Å². The van der Waals surface area contributed by atoms with E-state index in [2.05, 4.69) is 20.6 Å². The summed E-state index contributed by atoms with van der Waals surface area (Å²) in [6.45, 7) is 3.29. The van der Waals surface area contributed by atoms with Crippen LogP contribution in [0.4, 0.5) is 5.82 Å². The summed E-state index contributed by atoms with van der Waals surface area (Å²) >= 11 is 0. The number of rotatable bonds is 3. The number of ether oxygens (including phenoxy) is 1. The fourth-order valence-corrected chi connectivity index (χ4v) is 1.95. The number of anilines is 1. The normalized spacial score (nSPS) is 23.4. The van der Waals surface area contributed by atoms with Crippen molar-refractivity contribution in [1.82, 2.24) is 15.3 Å². The summed E-state index contributed by atoms with van der Waals surface area (Å²) in [5, 5.41) is 5.82. The third kappa shape index (κ3) is 2.95. The second-order valence-electron chi connectivity index (χ2n) is 4.71. The predicted octanol–water partition coefficient (Wildman–Crippen LogP) is 0.817. The lowest BCUT2D eigenvalue weighted by Gasteiger charge is -2.34. The molecule has 18 heavy (non-hydrogen) atoms. The van der Waals surface area contributed by atoms with Gasteiger partial charge in [-0.2, -0.15) is 0 Å². The SMILES string of the molecule is CNc1cnc(C(=O)NC2(C)CCCOC2)cn1. The van der Waals surface area contributed by atoms with Crippen molar-refractivity contribution in [2.75, 3.05) is 25.6 Å². The Hall–Kier alpha value is -1.69. The summed E-state index contributed by atoms with van der Waals surface area (Å²) in [4.78, 5) is 20.2. The number of hydrogen-bond acceptors (Lipinski definition) is 5. The van der Waals surface area contributed by atoms with Gasteiger partial charge in [-0.15, -0.1) is 0 Å². The zero-order valence-electron chi connectivity index (χ0n) is 10.7. The lowest BCUT2D eigenvalue weighted by molar-refractivity contribution is 0.0271. The monoisotopic (exact) mass is 250 g/mol. The third-order valence-electron chi connectivity index (χ3n) is 2.99. The van der Waals surface area contributed by atoms with Gasteiger partial charge in [0, 0.05) is 13.7 Å². The molecule has 1 aliphatic heterocycles. The van der Waals surface area contributed by atoms with Crippen molar-refractivity contribution < 1.29 is 9.53 Å². The minimum atomic E-state index is -0.307. The van der Waals surface area contributed by atoms with Crippen LogP contribution in [0.25, 0.3) is 0 Å². The molecule has 2 N–H and O–H groups in total. The summed E-state index contributed by atoms with van der Waals surface area (Å²) < 4.78 is 5.40. The van der Waals surface area contributed by atoms with Gasteiger partial charge in [-0.05, 0) is 19.8 Å². The Balaban J connectivity index is 2.02. The molecule has 1 fully saturated rings. The number of amides is 1. The van der Waals surface area contributed by atoms with E-state index in [1.807, 2.05) is 6.92 Å². The van der Waals surface area contributed by atoms with E-state index in [1.165, 1.54) is 12.4 Å². The summed E-state index contributed by atoms with van der Waals surface area (Å²) in [5.74, 6) is 0.428. The van der Waals surface area contributed by atoms with Gasteiger partial charge in [-0.3, -0.25) is 4.79 Å². The Bertz CT molecular complexity index is 413. The highest BCUT2D eigenvalue weighted by atomic mass is 16.5. The first-order chi connectivity index (χ1) is 8.63. The number of aromatic nitrogens is 2. The lowest BCUT2D eigenvalue weighted by Crippen LogP contribution is -2.51. The van der Waals surface area contributed by atoms with Gasteiger partial charge in [0.2, 0.25) is 0 Å². The Morgan fingerprint density at radius 1 is 1.44 bits per heavy atom. The molecule has 6 nitrogen and oxygen atoms in total. The third-order valence-corrected chi connectivity index (χ3v) is 2.99. The van der Waals surface area contributed by atoms with E-state index in [1.54, 1.807) is 7.05 Å². The van der Waals surface area contributed by atoms with Crippen molar-refractivity contribution >= 4 is 11.7 Å². The van der Waals surface area contributed by atoms with Crippen LogP contribution >= 0.6 is 0 Å². The number of hydrogen-bond donors (Lipinski definition) is 2. The average Bonchev–Trinajstić information content (AvgIpc) is 2.39. The molecule has 6 heteroatoms. The minimum absolute atomic E-state index is 0.210. The van der Waals surface area contributed by atoms with E-state index in [-0.39, 0.29) is 11.4 Å². The summed E-state index contributed by atoms with van der Waals surface area (Å²) in [7, 11) is 1.75. The van der Waals surface area contributed by atoms with Crippen molar-refractivity contribution in [3.63, 3.8) is 0 Å². The average molecular weight is 250 g/mol. The molecule has 98 valence electrons. The first kappa shape index (κ1) is 12.8. The van der Waals surface area contributed by atoms with Gasteiger partial charge in [0.05, 0.1) is 24.5 Å². The molecule has 2 rings (SSSR count). The second-order valence-corrected chi connectivity index (χ2v) is 4.71. The van der Waals surface area contributed by atoms with Crippen molar-refractivity contribution in [2.24, 2.45) is 0 Å². The molecule has 0 radical (unpaired) electrons. The smallest absolute Gasteiger partial charge is 0.271 e. The van der Waals surface area contributed by atoms with Gasteiger partial charge in [0.25, 0.3) is 5.91 Å². The zero-order chi connectivity index (χ0) is 13.0. The van der Waals surface area contributed by atoms with Crippen LogP contribution in [0.2, 0.25) is 0 Å². The molecule has 1 atom stereocenters. The lowest BCUT2D eigenvalue weighted by atomic mass is 9.95. The first-order valence-corrected chi connectivity index (χ1v) is 6.03. The highest BCUT2D eigenvalue weighted by Crippen LogP contribution is 2.18. The van der Waals surface area contributed by atoms with E-state index >= 15 is 0 Å². The van der Waals surface area contributed by atoms with Gasteiger partial charge in [-0.25, -0.2) is 9.97 Å². The molecule has 0 saturated carbocycles. The molecule has 1 saturated heterocycles. The molecule has 1 aliphatic rings. The number of carbonyl (C=O) groups excluding carboxylic acids is 1. The molecule has 0 aliphatic carbocycles. The van der Waals surface area contributed by atoms with E-state index < -0.39 is 0 Å². The van der Waals surface area contributed by atoms with E-state index in [9.17, 15) is 4.79 Å². The van der Waals surface area contributed by atoms with Crippen molar-refractivity contribution in [3.05, 3.63) is 18.1 Å². The molecule has 0 spiro atoms. The summed E-state index contributed by atoms with van der Waals surface area (Å²) in [6, 6.07) is 0. The molecule has 1 aromatic rings. The van der Waals surface area contributed by atoms with Gasteiger partial charge >= 0.3 is 0 Å². The number of carbonyl (C=O) groups is 1. The maximum atomic E-state index is 12.0. The van der Waals surface area contributed by atoms with Gasteiger partial charge in [0.15, 0.2) is 0 Å². The second kappa shape index (κ2) is 5.30. The van der Waals surface area contributed by atoms with Crippen molar-refractivity contribution in [2.45, 2.75) is 25.3 Å². The fraction of sp³-hybridized carbons (Fsp3) is 0.583. The van der Waals surface area contributed by atoms with Crippen LogP contribution in [0.5, 0.6) is 0 Å². The Morgan fingerprint density at radius 2 is 2.28 bits per heavy atom. The zero-order valence-corrected chi connectivity index (χ0v) is 10.7. The highest BCUT2D eigenvalue weighted by molar-refractivity contribution is 5.92. The van der Waals surface area contributed by atoms with Crippen LogP contribution in [-0.2, 0) is 4.74 Å². The Kier molecular flexibility index (Phi) is 3.76. The van der Waals surface area contributed by atoms with Crippen LogP contribution in [0, 0.1) is 0 Å². The maximum Gasteiger partial charge on any atom is 0.271 e. The quantitative estimate of drug-likeness (QED) is 0.830. The molecule has 0 aromatic carbocycles. The van der Waals surface area contributed by atoms with Crippen molar-refractivity contribution in [3.8, 4) is 0 Å². The van der Waals surface area contributed by atoms with E-state index in [0.29, 0.717) is 18.1 Å². The molecule has 1 amide bonds. The van der Waals surface area contributed by atoms with E-state index in [4.69, 9.17) is 4.74 Å². The first-order valence-electron chi connectivity index (χ1n) is 6.03. The maximum absolute atomic E-state index is 12.0. The van der Waals surface area contributed by atoms with Crippen LogP contribution in [0.3, 0.4) is 0 Å². The van der Waals surface area contributed by atoms with Crippen LogP contribution in [0.1, 0.15) is 30.3 Å². The largest absolute Gasteiger partial charge is 0.379 e. The molecule has 1 aromatic heterocycles. The Labute approximate surface area is 106 Å². The fourth-order valence-electron chi connectivity index (χ4n) is 1.95. The van der Waals surface area contributed by atoms with Crippen molar-refractivity contribution in [1.29, 1.82) is 0 Å². The number of nitrogens with one attached hydrogen (secondary N) is 2. The molecular weight excluding hydrogens is 232 g/mol. The Morgan fingerprint density at radius 3 is 2.83 bits per heavy atom. The molecule has 2 heterocycles.